The number of fused-ring (bicyclic) bond motifs is 2. The van der Waals surface area contributed by atoms with Crippen LogP contribution in [0.5, 0.6) is 0 Å². The van der Waals surface area contributed by atoms with Crippen LogP contribution < -0.4 is 0 Å². The van der Waals surface area contributed by atoms with Crippen molar-refractivity contribution >= 4 is 61.5 Å². The van der Waals surface area contributed by atoms with E-state index >= 15 is 0 Å². The molecule has 134 valence electrons. The summed E-state index contributed by atoms with van der Waals surface area (Å²) in [5, 5.41) is 0.607. The zero-order valence-corrected chi connectivity index (χ0v) is 19.0. The van der Waals surface area contributed by atoms with Crippen molar-refractivity contribution in [2.24, 2.45) is 0 Å². The summed E-state index contributed by atoms with van der Waals surface area (Å²) in [4.78, 5) is 8.74. The number of hydrogen-bond acceptors (Lipinski definition) is 4. The predicted octanol–water partition coefficient (Wildman–Crippen LogP) is 5.73. The van der Waals surface area contributed by atoms with Crippen molar-refractivity contribution in [1.82, 2.24) is 9.97 Å². The highest BCUT2D eigenvalue weighted by Gasteiger charge is 2.22. The van der Waals surface area contributed by atoms with E-state index in [-0.39, 0.29) is 11.8 Å². The molecule has 0 unspecified atom stereocenters. The lowest BCUT2D eigenvalue weighted by Gasteiger charge is -2.01. The third-order valence-electron chi connectivity index (χ3n) is 3.16. The Morgan fingerprint density at radius 2 is 1.04 bits per heavy atom. The van der Waals surface area contributed by atoms with Gasteiger partial charge in [0, 0.05) is 0 Å². The van der Waals surface area contributed by atoms with Crippen LogP contribution in [0.3, 0.4) is 0 Å². The third-order valence-corrected chi connectivity index (χ3v) is 5.61. The van der Waals surface area contributed by atoms with Crippen LogP contribution in [0.25, 0.3) is 22.2 Å². The lowest BCUT2D eigenvalue weighted by Crippen LogP contribution is -2.16. The van der Waals surface area contributed by atoms with E-state index in [9.17, 15) is 0 Å². The smallest absolute Gasteiger partial charge is 0.273 e. The van der Waals surface area contributed by atoms with Gasteiger partial charge in [0.25, 0.3) is 11.8 Å². The summed E-state index contributed by atoms with van der Waals surface area (Å²) in [5.74, 6) is 6.52. The molecule has 4 nitrogen and oxygen atoms in total. The molecule has 0 aliphatic heterocycles. The summed E-state index contributed by atoms with van der Waals surface area (Å²) in [5.41, 5.74) is 7.98. The Bertz CT molecular complexity index is 999. The summed E-state index contributed by atoms with van der Waals surface area (Å²) in [6, 6.07) is 0. The number of halogens is 2. The van der Waals surface area contributed by atoms with Crippen molar-refractivity contribution in [2.45, 2.75) is 39.3 Å². The molecule has 2 heterocycles. The number of oxazole rings is 2. The topological polar surface area (TPSA) is 52.1 Å². The van der Waals surface area contributed by atoms with E-state index in [0.29, 0.717) is 32.2 Å². The van der Waals surface area contributed by atoms with Crippen molar-refractivity contribution < 1.29 is 8.83 Å². The molecule has 0 saturated carbocycles. The second-order valence-corrected chi connectivity index (χ2v) is 18.3. The van der Waals surface area contributed by atoms with E-state index in [1.54, 1.807) is 0 Å². The molecule has 0 fully saturated rings. The van der Waals surface area contributed by atoms with Crippen LogP contribution in [0.1, 0.15) is 11.8 Å². The van der Waals surface area contributed by atoms with Gasteiger partial charge in [-0.25, -0.2) is 0 Å². The Morgan fingerprint density at radius 1 is 0.692 bits per heavy atom. The average molecular weight is 421 g/mol. The monoisotopic (exact) mass is 420 g/mol. The Hall–Kier alpha value is -1.71. The third kappa shape index (κ3) is 4.00. The van der Waals surface area contributed by atoms with Gasteiger partial charge in [0.2, 0.25) is 0 Å². The summed E-state index contributed by atoms with van der Waals surface area (Å²) >= 11 is 12.9. The molecule has 0 amide bonds. The van der Waals surface area contributed by atoms with Gasteiger partial charge in [-0.3, -0.25) is 0 Å². The van der Waals surface area contributed by atoms with Crippen LogP contribution in [0.15, 0.2) is 8.83 Å². The molecule has 1 aromatic carbocycles. The largest absolute Gasteiger partial charge is 0.428 e. The molecule has 0 saturated heterocycles. The van der Waals surface area contributed by atoms with Gasteiger partial charge in [0.15, 0.2) is 11.2 Å². The van der Waals surface area contributed by atoms with Crippen LogP contribution in [0.4, 0.5) is 0 Å². The highest BCUT2D eigenvalue weighted by Crippen LogP contribution is 2.39. The standard InChI is InChI=1S/C18H18Cl2N2O2Si2/c1-25(2,3)9-7-11-21-15-13(19)18-16(14(20)17(15)23-11)22-12(24-18)8-10-26(4,5)6/h1-6H3. The van der Waals surface area contributed by atoms with E-state index in [2.05, 4.69) is 72.2 Å². The Kier molecular flexibility index (Phi) is 4.75. The molecule has 0 radical (unpaired) electrons. The van der Waals surface area contributed by atoms with Gasteiger partial charge in [-0.05, 0) is 11.8 Å². The molecule has 0 N–H and O–H groups in total. The number of hydrogen-bond donors (Lipinski definition) is 0. The van der Waals surface area contributed by atoms with Crippen molar-refractivity contribution in [3.8, 4) is 22.9 Å². The number of nitrogens with zero attached hydrogens (tertiary/aromatic N) is 2. The molecule has 0 atom stereocenters. The van der Waals surface area contributed by atoms with E-state index in [0.717, 1.165) is 0 Å². The predicted molar refractivity (Wildman–Crippen MR) is 112 cm³/mol. The van der Waals surface area contributed by atoms with Crippen LogP contribution in [0, 0.1) is 22.9 Å². The van der Waals surface area contributed by atoms with Crippen LogP contribution in [0.2, 0.25) is 49.3 Å². The van der Waals surface area contributed by atoms with Crippen molar-refractivity contribution in [1.29, 1.82) is 0 Å². The fourth-order valence-corrected chi connectivity index (χ4v) is 3.52. The first-order valence-electron chi connectivity index (χ1n) is 8.09. The minimum absolute atomic E-state index is 0.289. The first kappa shape index (κ1) is 19.1. The Labute approximate surface area is 164 Å². The van der Waals surface area contributed by atoms with Crippen molar-refractivity contribution in [3.05, 3.63) is 21.8 Å². The molecular formula is C18H18Cl2N2O2Si2. The molecule has 3 aromatic rings. The highest BCUT2D eigenvalue weighted by atomic mass is 35.5. The van der Waals surface area contributed by atoms with E-state index < -0.39 is 16.1 Å². The summed E-state index contributed by atoms with van der Waals surface area (Å²) in [6.07, 6.45) is 0. The zero-order valence-electron chi connectivity index (χ0n) is 15.5. The van der Waals surface area contributed by atoms with Crippen LogP contribution in [-0.2, 0) is 0 Å². The quantitative estimate of drug-likeness (QED) is 0.343. The maximum absolute atomic E-state index is 6.46. The van der Waals surface area contributed by atoms with Gasteiger partial charge in [-0.2, -0.15) is 9.97 Å². The maximum atomic E-state index is 6.46. The molecule has 26 heavy (non-hydrogen) atoms. The van der Waals surface area contributed by atoms with Crippen LogP contribution in [-0.4, -0.2) is 26.1 Å². The summed E-state index contributed by atoms with van der Waals surface area (Å²) in [6.45, 7) is 12.8. The van der Waals surface area contributed by atoms with E-state index in [1.165, 1.54) is 0 Å². The second-order valence-electron chi connectivity index (χ2n) is 8.02. The minimum Gasteiger partial charge on any atom is -0.428 e. The van der Waals surface area contributed by atoms with Crippen LogP contribution >= 0.6 is 23.2 Å². The number of rotatable bonds is 0. The summed E-state index contributed by atoms with van der Waals surface area (Å²) < 4.78 is 11.4. The van der Waals surface area contributed by atoms with Gasteiger partial charge in [-0.15, -0.1) is 11.1 Å². The minimum atomic E-state index is -1.55. The Morgan fingerprint density at radius 3 is 1.35 bits per heavy atom. The molecule has 0 bridgehead atoms. The lowest BCUT2D eigenvalue weighted by atomic mass is 10.3. The van der Waals surface area contributed by atoms with Gasteiger partial charge in [0.1, 0.15) is 37.2 Å². The molecule has 0 aliphatic rings. The number of aromatic nitrogens is 2. The van der Waals surface area contributed by atoms with Gasteiger partial charge in [-0.1, -0.05) is 62.5 Å². The molecule has 8 heteroatoms. The second kappa shape index (κ2) is 6.47. The SMILES string of the molecule is C[Si](C)(C)C#Cc1nc2c(Cl)c3oc(C#C[Si](C)(C)C)nc3c(Cl)c2o1. The first-order chi connectivity index (χ1) is 11.9. The van der Waals surface area contributed by atoms with Gasteiger partial charge >= 0.3 is 0 Å². The van der Waals surface area contributed by atoms with Crippen molar-refractivity contribution in [3.63, 3.8) is 0 Å². The normalized spacial score (nSPS) is 12.0. The molecular weight excluding hydrogens is 403 g/mol. The first-order valence-corrected chi connectivity index (χ1v) is 15.8. The lowest BCUT2D eigenvalue weighted by molar-refractivity contribution is 0.585. The molecule has 0 aliphatic carbocycles. The molecule has 2 aromatic heterocycles. The summed E-state index contributed by atoms with van der Waals surface area (Å²) in [7, 11) is -3.11. The number of benzene rings is 1. The fraction of sp³-hybridized carbons (Fsp3) is 0.333. The van der Waals surface area contributed by atoms with E-state index in [4.69, 9.17) is 32.0 Å². The van der Waals surface area contributed by atoms with Gasteiger partial charge < -0.3 is 8.83 Å². The van der Waals surface area contributed by atoms with Crippen molar-refractivity contribution in [2.75, 3.05) is 0 Å². The maximum Gasteiger partial charge on any atom is 0.273 e. The molecule has 0 spiro atoms. The van der Waals surface area contributed by atoms with Gasteiger partial charge in [0.05, 0.1) is 0 Å². The highest BCUT2D eigenvalue weighted by molar-refractivity contribution is 6.84. The fourth-order valence-electron chi connectivity index (χ4n) is 2.04. The van der Waals surface area contributed by atoms with E-state index in [1.807, 2.05) is 0 Å². The zero-order chi connectivity index (χ0) is 19.3. The molecule has 3 rings (SSSR count). The average Bonchev–Trinajstić information content (AvgIpc) is 3.12. The Balaban J connectivity index is 2.18.